The fourth-order valence-electron chi connectivity index (χ4n) is 1.49. The lowest BCUT2D eigenvalue weighted by Gasteiger charge is -2.30. The molecule has 2 nitrogen and oxygen atoms in total. The van der Waals surface area contributed by atoms with E-state index in [0.29, 0.717) is 6.54 Å². The number of hydrogen-bond donors (Lipinski definition) is 1. The SMILES string of the molecule is C=CCC(CN)(CC=C)CCOC. The zero-order valence-electron chi connectivity index (χ0n) is 8.59. The van der Waals surface area contributed by atoms with Crippen molar-refractivity contribution in [3.8, 4) is 0 Å². The van der Waals surface area contributed by atoms with E-state index in [9.17, 15) is 0 Å². The second-order valence-corrected chi connectivity index (χ2v) is 3.43. The van der Waals surface area contributed by atoms with Crippen LogP contribution in [0.1, 0.15) is 19.3 Å². The predicted molar refractivity (Wildman–Crippen MR) is 57.6 cm³/mol. The van der Waals surface area contributed by atoms with Crippen LogP contribution >= 0.6 is 0 Å². The second kappa shape index (κ2) is 6.87. The first kappa shape index (κ1) is 12.4. The summed E-state index contributed by atoms with van der Waals surface area (Å²) in [6.07, 6.45) is 6.67. The summed E-state index contributed by atoms with van der Waals surface area (Å²) in [5, 5.41) is 0. The highest BCUT2D eigenvalue weighted by Crippen LogP contribution is 2.30. The van der Waals surface area contributed by atoms with Crippen LogP contribution in [-0.2, 0) is 4.74 Å². The quantitative estimate of drug-likeness (QED) is 0.585. The van der Waals surface area contributed by atoms with E-state index in [1.54, 1.807) is 7.11 Å². The third-order valence-electron chi connectivity index (χ3n) is 2.42. The normalized spacial score (nSPS) is 11.2. The average Bonchev–Trinajstić information content (AvgIpc) is 2.15. The van der Waals surface area contributed by atoms with Crippen LogP contribution in [-0.4, -0.2) is 20.3 Å². The minimum absolute atomic E-state index is 0.111. The molecule has 0 spiro atoms. The Balaban J connectivity index is 4.23. The molecule has 0 aliphatic rings. The molecule has 2 N–H and O–H groups in total. The van der Waals surface area contributed by atoms with Gasteiger partial charge in [0.1, 0.15) is 0 Å². The van der Waals surface area contributed by atoms with E-state index in [4.69, 9.17) is 10.5 Å². The Morgan fingerprint density at radius 1 is 1.31 bits per heavy atom. The van der Waals surface area contributed by atoms with Gasteiger partial charge in [0.15, 0.2) is 0 Å². The summed E-state index contributed by atoms with van der Waals surface area (Å²) in [6.45, 7) is 8.92. The number of ether oxygens (including phenoxy) is 1. The molecule has 2 heteroatoms. The third-order valence-corrected chi connectivity index (χ3v) is 2.42. The molecule has 0 heterocycles. The van der Waals surface area contributed by atoms with Crippen molar-refractivity contribution in [2.24, 2.45) is 11.1 Å². The van der Waals surface area contributed by atoms with Gasteiger partial charge in [-0.1, -0.05) is 12.2 Å². The van der Waals surface area contributed by atoms with Crippen molar-refractivity contribution < 1.29 is 4.74 Å². The van der Waals surface area contributed by atoms with Gasteiger partial charge in [0.25, 0.3) is 0 Å². The molecule has 0 saturated heterocycles. The minimum Gasteiger partial charge on any atom is -0.385 e. The number of nitrogens with two attached hydrogens (primary N) is 1. The van der Waals surface area contributed by atoms with Gasteiger partial charge in [0, 0.05) is 13.7 Å². The van der Waals surface area contributed by atoms with Gasteiger partial charge < -0.3 is 10.5 Å². The topological polar surface area (TPSA) is 35.2 Å². The molecule has 0 amide bonds. The molecule has 0 aromatic rings. The van der Waals surface area contributed by atoms with Crippen LogP contribution in [0.25, 0.3) is 0 Å². The van der Waals surface area contributed by atoms with Crippen LogP contribution in [0, 0.1) is 5.41 Å². The van der Waals surface area contributed by atoms with Gasteiger partial charge in [-0.15, -0.1) is 13.2 Å². The average molecular weight is 183 g/mol. The lowest BCUT2D eigenvalue weighted by atomic mass is 9.78. The van der Waals surface area contributed by atoms with Crippen LogP contribution in [0.2, 0.25) is 0 Å². The van der Waals surface area contributed by atoms with Gasteiger partial charge in [0.05, 0.1) is 0 Å². The van der Waals surface area contributed by atoms with E-state index < -0.39 is 0 Å². The van der Waals surface area contributed by atoms with Gasteiger partial charge in [-0.2, -0.15) is 0 Å². The maximum atomic E-state index is 5.77. The van der Waals surface area contributed by atoms with E-state index in [1.807, 2.05) is 12.2 Å². The Morgan fingerprint density at radius 2 is 1.85 bits per heavy atom. The zero-order chi connectivity index (χ0) is 10.2. The molecular formula is C11H21NO. The Kier molecular flexibility index (Phi) is 6.55. The standard InChI is InChI=1S/C11H21NO/c1-4-6-11(10-12,7-5-2)8-9-13-3/h4-5H,1-2,6-10,12H2,3H3. The van der Waals surface area contributed by atoms with Crippen LogP contribution in [0.4, 0.5) is 0 Å². The highest BCUT2D eigenvalue weighted by atomic mass is 16.5. The third kappa shape index (κ3) is 4.25. The number of rotatable bonds is 8. The largest absolute Gasteiger partial charge is 0.385 e. The Labute approximate surface area is 81.5 Å². The summed E-state index contributed by atoms with van der Waals surface area (Å²) in [7, 11) is 1.71. The van der Waals surface area contributed by atoms with Gasteiger partial charge in [-0.25, -0.2) is 0 Å². The van der Waals surface area contributed by atoms with E-state index in [1.165, 1.54) is 0 Å². The maximum Gasteiger partial charge on any atom is 0.0468 e. The molecule has 0 saturated carbocycles. The molecule has 13 heavy (non-hydrogen) atoms. The highest BCUT2D eigenvalue weighted by molar-refractivity contribution is 4.92. The summed E-state index contributed by atoms with van der Waals surface area (Å²) in [4.78, 5) is 0. The molecule has 0 atom stereocenters. The summed E-state index contributed by atoms with van der Waals surface area (Å²) in [6, 6.07) is 0. The molecular weight excluding hydrogens is 162 g/mol. The van der Waals surface area contributed by atoms with E-state index in [2.05, 4.69) is 13.2 Å². The zero-order valence-corrected chi connectivity index (χ0v) is 8.59. The van der Waals surface area contributed by atoms with E-state index in [0.717, 1.165) is 25.9 Å². The number of methoxy groups -OCH3 is 1. The molecule has 0 aromatic carbocycles. The number of hydrogen-bond acceptors (Lipinski definition) is 2. The molecule has 0 aliphatic carbocycles. The van der Waals surface area contributed by atoms with Crippen molar-refractivity contribution in [2.75, 3.05) is 20.3 Å². The highest BCUT2D eigenvalue weighted by Gasteiger charge is 2.24. The van der Waals surface area contributed by atoms with Crippen molar-refractivity contribution in [3.63, 3.8) is 0 Å². The molecule has 0 unspecified atom stereocenters. The first-order valence-corrected chi connectivity index (χ1v) is 4.65. The van der Waals surface area contributed by atoms with Gasteiger partial charge in [0.2, 0.25) is 0 Å². The van der Waals surface area contributed by atoms with Crippen LogP contribution in [0.15, 0.2) is 25.3 Å². The minimum atomic E-state index is 0.111. The van der Waals surface area contributed by atoms with Crippen LogP contribution in [0.5, 0.6) is 0 Å². The van der Waals surface area contributed by atoms with Gasteiger partial charge in [-0.05, 0) is 31.2 Å². The Hall–Kier alpha value is -0.600. The number of allylic oxidation sites excluding steroid dienone is 2. The van der Waals surface area contributed by atoms with Crippen molar-refractivity contribution in [1.82, 2.24) is 0 Å². The van der Waals surface area contributed by atoms with E-state index in [-0.39, 0.29) is 5.41 Å². The monoisotopic (exact) mass is 183 g/mol. The fourth-order valence-corrected chi connectivity index (χ4v) is 1.49. The molecule has 0 fully saturated rings. The summed E-state index contributed by atoms with van der Waals surface area (Å²) in [5.74, 6) is 0. The second-order valence-electron chi connectivity index (χ2n) is 3.43. The lowest BCUT2D eigenvalue weighted by Crippen LogP contribution is -2.31. The lowest BCUT2D eigenvalue weighted by molar-refractivity contribution is 0.140. The molecule has 0 aliphatic heterocycles. The first-order chi connectivity index (χ1) is 6.24. The molecule has 0 radical (unpaired) electrons. The summed E-state index contributed by atoms with van der Waals surface area (Å²) < 4.78 is 5.07. The van der Waals surface area contributed by atoms with Gasteiger partial charge >= 0.3 is 0 Å². The van der Waals surface area contributed by atoms with Crippen LogP contribution < -0.4 is 5.73 Å². The summed E-state index contributed by atoms with van der Waals surface area (Å²) >= 11 is 0. The smallest absolute Gasteiger partial charge is 0.0468 e. The molecule has 0 bridgehead atoms. The van der Waals surface area contributed by atoms with Gasteiger partial charge in [-0.3, -0.25) is 0 Å². The van der Waals surface area contributed by atoms with Crippen molar-refractivity contribution in [3.05, 3.63) is 25.3 Å². The van der Waals surface area contributed by atoms with Crippen molar-refractivity contribution in [2.45, 2.75) is 19.3 Å². The molecule has 0 aromatic heterocycles. The summed E-state index contributed by atoms with van der Waals surface area (Å²) in [5.41, 5.74) is 5.88. The molecule has 0 rings (SSSR count). The maximum absolute atomic E-state index is 5.77. The van der Waals surface area contributed by atoms with Crippen molar-refractivity contribution >= 4 is 0 Å². The Bertz CT molecular complexity index is 144. The van der Waals surface area contributed by atoms with Crippen molar-refractivity contribution in [1.29, 1.82) is 0 Å². The fraction of sp³-hybridized carbons (Fsp3) is 0.636. The first-order valence-electron chi connectivity index (χ1n) is 4.65. The Morgan fingerprint density at radius 3 is 2.15 bits per heavy atom. The predicted octanol–water partition coefficient (Wildman–Crippen LogP) is 2.12. The van der Waals surface area contributed by atoms with Crippen LogP contribution in [0.3, 0.4) is 0 Å². The molecule has 76 valence electrons. The van der Waals surface area contributed by atoms with E-state index >= 15 is 0 Å².